The van der Waals surface area contributed by atoms with Crippen LogP contribution in [0.3, 0.4) is 0 Å². The molecule has 0 spiro atoms. The first-order valence-electron chi connectivity index (χ1n) is 4.70. The molecule has 0 saturated carbocycles. The summed E-state index contributed by atoms with van der Waals surface area (Å²) in [5, 5.41) is 8.73. The van der Waals surface area contributed by atoms with Crippen LogP contribution in [0.4, 0.5) is 0 Å². The summed E-state index contributed by atoms with van der Waals surface area (Å²) >= 11 is 2.50. The summed E-state index contributed by atoms with van der Waals surface area (Å²) in [6.07, 6.45) is 0. The maximum atomic E-state index is 10.6. The number of benzene rings is 1. The second kappa shape index (κ2) is 5.55. The standard InChI is InChI=1S/C13H11O2Se/c1-9-3-6-11(7-4-9)8-5-10(2)12(16)13(14)15/h3-4,6-7H,1-2H3,(H,14,15). The Kier molecular flexibility index (Phi) is 4.37. The maximum absolute atomic E-state index is 10.6. The zero-order chi connectivity index (χ0) is 12.1. The molecule has 1 N–H and O–H groups in total. The minimum atomic E-state index is -0.976. The third-order valence-corrected chi connectivity index (χ3v) is 2.99. The van der Waals surface area contributed by atoms with Gasteiger partial charge >= 0.3 is 103 Å². The molecule has 2 nitrogen and oxygen atoms in total. The number of carbonyl (C=O) groups is 1. The number of allylic oxidation sites excluding steroid dienone is 1. The molecule has 1 aromatic carbocycles. The second-order valence-corrected chi connectivity index (χ2v) is 4.23. The second-order valence-electron chi connectivity index (χ2n) is 3.38. The summed E-state index contributed by atoms with van der Waals surface area (Å²) in [5.41, 5.74) is 2.59. The van der Waals surface area contributed by atoms with Gasteiger partial charge in [-0.1, -0.05) is 0 Å². The first kappa shape index (κ1) is 12.6. The molecule has 0 aliphatic heterocycles. The molecule has 3 heteroatoms. The van der Waals surface area contributed by atoms with E-state index in [1.165, 1.54) is 5.56 Å². The summed E-state index contributed by atoms with van der Waals surface area (Å²) in [4.78, 5) is 10.6. The summed E-state index contributed by atoms with van der Waals surface area (Å²) < 4.78 is 0.166. The Morgan fingerprint density at radius 2 is 1.88 bits per heavy atom. The molecule has 0 bridgehead atoms. The number of hydrogen-bond donors (Lipinski definition) is 1. The van der Waals surface area contributed by atoms with E-state index >= 15 is 0 Å². The monoisotopic (exact) mass is 279 g/mol. The van der Waals surface area contributed by atoms with Gasteiger partial charge in [-0.3, -0.25) is 0 Å². The van der Waals surface area contributed by atoms with Gasteiger partial charge in [-0.25, -0.2) is 0 Å². The van der Waals surface area contributed by atoms with Gasteiger partial charge in [-0.05, 0) is 0 Å². The zero-order valence-electron chi connectivity index (χ0n) is 9.07. The number of aryl methyl sites for hydroxylation is 1. The van der Waals surface area contributed by atoms with Gasteiger partial charge in [0.2, 0.25) is 0 Å². The quantitative estimate of drug-likeness (QED) is 0.484. The van der Waals surface area contributed by atoms with E-state index in [0.717, 1.165) is 5.56 Å². The number of carboxylic acids is 1. The molecule has 0 heterocycles. The van der Waals surface area contributed by atoms with Crippen molar-refractivity contribution in [2.24, 2.45) is 0 Å². The van der Waals surface area contributed by atoms with Crippen LogP contribution in [0, 0.1) is 18.8 Å². The van der Waals surface area contributed by atoms with Gasteiger partial charge in [0.15, 0.2) is 0 Å². The fourth-order valence-electron chi connectivity index (χ4n) is 1.02. The van der Waals surface area contributed by atoms with E-state index in [1.54, 1.807) is 6.92 Å². The first-order valence-corrected chi connectivity index (χ1v) is 5.56. The van der Waals surface area contributed by atoms with Crippen molar-refractivity contribution in [1.82, 2.24) is 0 Å². The van der Waals surface area contributed by atoms with Crippen LogP contribution in [-0.2, 0) is 4.79 Å². The van der Waals surface area contributed by atoms with E-state index < -0.39 is 5.97 Å². The van der Waals surface area contributed by atoms with E-state index in [9.17, 15) is 4.79 Å². The number of rotatable bonds is 1. The van der Waals surface area contributed by atoms with Gasteiger partial charge in [-0.15, -0.1) is 0 Å². The van der Waals surface area contributed by atoms with E-state index in [2.05, 4.69) is 27.9 Å². The first-order chi connectivity index (χ1) is 7.50. The molecule has 0 aliphatic rings. The number of carboxylic acid groups (broad SMARTS) is 1. The summed E-state index contributed by atoms with van der Waals surface area (Å²) in [6.45, 7) is 3.69. The van der Waals surface area contributed by atoms with Gasteiger partial charge in [-0.2, -0.15) is 0 Å². The van der Waals surface area contributed by atoms with E-state index in [4.69, 9.17) is 5.11 Å². The van der Waals surface area contributed by atoms with Crippen molar-refractivity contribution in [3.05, 3.63) is 45.4 Å². The molecule has 0 atom stereocenters. The third-order valence-electron chi connectivity index (χ3n) is 1.98. The van der Waals surface area contributed by atoms with Crippen molar-refractivity contribution in [3.8, 4) is 11.8 Å². The van der Waals surface area contributed by atoms with Crippen molar-refractivity contribution in [3.63, 3.8) is 0 Å². The van der Waals surface area contributed by atoms with E-state index in [-0.39, 0.29) is 4.47 Å². The zero-order valence-corrected chi connectivity index (χ0v) is 10.8. The van der Waals surface area contributed by atoms with Gasteiger partial charge < -0.3 is 0 Å². The Morgan fingerprint density at radius 1 is 1.31 bits per heavy atom. The van der Waals surface area contributed by atoms with Gasteiger partial charge in [0.1, 0.15) is 0 Å². The molecule has 1 rings (SSSR count). The molecule has 81 valence electrons. The van der Waals surface area contributed by atoms with Gasteiger partial charge in [0, 0.05) is 0 Å². The Morgan fingerprint density at radius 3 is 2.38 bits per heavy atom. The van der Waals surface area contributed by atoms with Crippen LogP contribution < -0.4 is 0 Å². The summed E-state index contributed by atoms with van der Waals surface area (Å²) in [7, 11) is 0. The van der Waals surface area contributed by atoms with Crippen LogP contribution in [0.5, 0.6) is 0 Å². The summed E-state index contributed by atoms with van der Waals surface area (Å²) in [6, 6.07) is 7.77. The number of aliphatic carboxylic acids is 1. The van der Waals surface area contributed by atoms with Crippen molar-refractivity contribution >= 4 is 22.0 Å². The molecule has 0 fully saturated rings. The predicted octanol–water partition coefficient (Wildman–Crippen LogP) is 1.87. The molecule has 0 saturated heterocycles. The topological polar surface area (TPSA) is 37.3 Å². The molecule has 1 radical (unpaired) electrons. The minimum absolute atomic E-state index is 0.166. The van der Waals surface area contributed by atoms with Gasteiger partial charge in [0.05, 0.1) is 0 Å². The Bertz CT molecular complexity index is 487. The molecular formula is C13H11O2Se. The Balaban J connectivity index is 2.94. The van der Waals surface area contributed by atoms with Gasteiger partial charge in [0.25, 0.3) is 0 Å². The number of hydrogen-bond acceptors (Lipinski definition) is 1. The molecule has 0 unspecified atom stereocenters. The molecule has 16 heavy (non-hydrogen) atoms. The Hall–Kier alpha value is -1.49. The molecule has 1 aromatic rings. The van der Waals surface area contributed by atoms with E-state index in [1.807, 2.05) is 31.2 Å². The van der Waals surface area contributed by atoms with E-state index in [0.29, 0.717) is 5.57 Å². The van der Waals surface area contributed by atoms with Crippen LogP contribution in [0.1, 0.15) is 18.1 Å². The van der Waals surface area contributed by atoms with Crippen LogP contribution >= 0.6 is 0 Å². The average Bonchev–Trinajstić information content (AvgIpc) is 2.26. The average molecular weight is 278 g/mol. The van der Waals surface area contributed by atoms with Crippen molar-refractivity contribution in [1.29, 1.82) is 0 Å². The fraction of sp³-hybridized carbons (Fsp3) is 0.154. The SMILES string of the molecule is CC(C#Cc1ccc(C)cc1)=C([Se])C(=O)O. The van der Waals surface area contributed by atoms with Crippen molar-refractivity contribution in [2.45, 2.75) is 13.8 Å². The van der Waals surface area contributed by atoms with Crippen LogP contribution in [-0.4, -0.2) is 27.1 Å². The molecule has 0 aromatic heterocycles. The van der Waals surface area contributed by atoms with Crippen molar-refractivity contribution in [2.75, 3.05) is 0 Å². The van der Waals surface area contributed by atoms with Crippen LogP contribution in [0.25, 0.3) is 0 Å². The third kappa shape index (κ3) is 3.58. The summed E-state index contributed by atoms with van der Waals surface area (Å²) in [5.74, 6) is 4.76. The molecular weight excluding hydrogens is 267 g/mol. The molecule has 0 amide bonds. The van der Waals surface area contributed by atoms with Crippen molar-refractivity contribution < 1.29 is 9.90 Å². The Labute approximate surface area is 103 Å². The normalized spacial score (nSPS) is 11.1. The fourth-order valence-corrected chi connectivity index (χ4v) is 1.13. The van der Waals surface area contributed by atoms with Crippen LogP contribution in [0.2, 0.25) is 0 Å². The molecule has 0 aliphatic carbocycles. The van der Waals surface area contributed by atoms with Crippen LogP contribution in [0.15, 0.2) is 34.3 Å². The predicted molar refractivity (Wildman–Crippen MR) is 64.1 cm³/mol.